The van der Waals surface area contributed by atoms with Gasteiger partial charge in [0.25, 0.3) is 0 Å². The third-order valence-corrected chi connectivity index (χ3v) is 5.07. The van der Waals surface area contributed by atoms with Crippen molar-refractivity contribution in [3.8, 4) is 0 Å². The Balaban J connectivity index is 1.97. The van der Waals surface area contributed by atoms with E-state index in [1.165, 1.54) is 0 Å². The lowest BCUT2D eigenvalue weighted by molar-refractivity contribution is 0.0226. The average molecular weight is 295 g/mol. The largest absolute Gasteiger partial charge is 0.382 e. The molecule has 2 atom stereocenters. The van der Waals surface area contributed by atoms with Crippen LogP contribution in [0.25, 0.3) is 0 Å². The maximum Gasteiger partial charge on any atom is 0.150 e. The molecule has 1 aliphatic rings. The molecule has 1 rings (SSSR count). The first kappa shape index (κ1) is 16.8. The number of nitrogens with two attached hydrogens (primary N) is 1. The second-order valence-corrected chi connectivity index (χ2v) is 7.06. The molecule has 1 aliphatic heterocycles. The number of hydrogen-bond acceptors (Lipinski definition) is 6. The summed E-state index contributed by atoms with van der Waals surface area (Å²) >= 11 is 0. The molecule has 0 aromatic rings. The first-order valence-electron chi connectivity index (χ1n) is 6.65. The minimum Gasteiger partial charge on any atom is -0.382 e. The number of sulfone groups is 1. The zero-order valence-electron chi connectivity index (χ0n) is 11.5. The van der Waals surface area contributed by atoms with Crippen LogP contribution in [0.4, 0.5) is 0 Å². The van der Waals surface area contributed by atoms with Crippen LogP contribution in [0.3, 0.4) is 0 Å². The van der Waals surface area contributed by atoms with Gasteiger partial charge in [-0.1, -0.05) is 0 Å². The maximum absolute atomic E-state index is 11.3. The Bertz CT molecular complexity index is 333. The summed E-state index contributed by atoms with van der Waals surface area (Å²) in [5.74, 6) is 0.597. The molecule has 7 heteroatoms. The predicted molar refractivity (Wildman–Crippen MR) is 72.9 cm³/mol. The number of hydrogen-bond donors (Lipinski definition) is 1. The highest BCUT2D eigenvalue weighted by molar-refractivity contribution is 7.91. The van der Waals surface area contributed by atoms with Crippen molar-refractivity contribution in [1.29, 1.82) is 0 Å². The van der Waals surface area contributed by atoms with E-state index < -0.39 is 9.84 Å². The first-order chi connectivity index (χ1) is 9.05. The smallest absolute Gasteiger partial charge is 0.150 e. The van der Waals surface area contributed by atoms with Crippen molar-refractivity contribution in [2.75, 3.05) is 51.6 Å². The third-order valence-electron chi connectivity index (χ3n) is 3.27. The molecule has 6 nitrogen and oxygen atoms in total. The molecule has 0 amide bonds. The summed E-state index contributed by atoms with van der Waals surface area (Å²) in [4.78, 5) is 0. The number of rotatable bonds is 10. The molecule has 1 heterocycles. The van der Waals surface area contributed by atoms with Gasteiger partial charge in [-0.2, -0.15) is 0 Å². The van der Waals surface area contributed by atoms with Gasteiger partial charge in [-0.15, -0.1) is 0 Å². The van der Waals surface area contributed by atoms with Crippen molar-refractivity contribution in [2.45, 2.75) is 18.9 Å². The molecule has 0 aromatic carbocycles. The van der Waals surface area contributed by atoms with Gasteiger partial charge in [0.2, 0.25) is 0 Å². The van der Waals surface area contributed by atoms with Gasteiger partial charge < -0.3 is 19.9 Å². The Hall–Kier alpha value is -0.210. The molecule has 0 bridgehead atoms. The Kier molecular flexibility index (Phi) is 7.86. The lowest BCUT2D eigenvalue weighted by Crippen LogP contribution is -2.32. The maximum atomic E-state index is 11.3. The van der Waals surface area contributed by atoms with E-state index in [-0.39, 0.29) is 23.5 Å². The molecule has 2 unspecified atom stereocenters. The quantitative estimate of drug-likeness (QED) is 0.562. The summed E-state index contributed by atoms with van der Waals surface area (Å²) in [5.41, 5.74) is 5.99. The van der Waals surface area contributed by atoms with Crippen molar-refractivity contribution in [3.63, 3.8) is 0 Å². The summed E-state index contributed by atoms with van der Waals surface area (Å²) in [7, 11) is -1.21. The van der Waals surface area contributed by atoms with Crippen LogP contribution in [0.15, 0.2) is 0 Å². The van der Waals surface area contributed by atoms with Gasteiger partial charge in [-0.05, 0) is 18.8 Å². The summed E-state index contributed by atoms with van der Waals surface area (Å²) in [6.07, 6.45) is 1.38. The molecule has 1 fully saturated rings. The fourth-order valence-electron chi connectivity index (χ4n) is 2.08. The van der Waals surface area contributed by atoms with E-state index in [1.807, 2.05) is 0 Å². The van der Waals surface area contributed by atoms with Crippen LogP contribution < -0.4 is 5.73 Å². The lowest BCUT2D eigenvalue weighted by atomic mass is 9.98. The van der Waals surface area contributed by atoms with Crippen LogP contribution in [0.5, 0.6) is 0 Å². The van der Waals surface area contributed by atoms with Crippen LogP contribution in [0, 0.1) is 5.92 Å². The standard InChI is InChI=1S/C12H25NO5S/c1-16-5-6-18-8-7-17-4-2-12(13)11-3-9-19(14,15)10-11/h11-12H,2-10,13H2,1H3. The van der Waals surface area contributed by atoms with E-state index in [1.54, 1.807) is 7.11 Å². The molecule has 114 valence electrons. The van der Waals surface area contributed by atoms with E-state index in [0.29, 0.717) is 45.9 Å². The second kappa shape index (κ2) is 8.86. The SMILES string of the molecule is COCCOCCOCCC(N)C1CCS(=O)(=O)C1. The van der Waals surface area contributed by atoms with Crippen LogP contribution >= 0.6 is 0 Å². The van der Waals surface area contributed by atoms with Crippen LogP contribution in [-0.4, -0.2) is 66.1 Å². The van der Waals surface area contributed by atoms with Gasteiger partial charge >= 0.3 is 0 Å². The zero-order chi connectivity index (χ0) is 14.1. The number of methoxy groups -OCH3 is 1. The summed E-state index contributed by atoms with van der Waals surface area (Å²) < 4.78 is 38.2. The highest BCUT2D eigenvalue weighted by atomic mass is 32.2. The van der Waals surface area contributed by atoms with Gasteiger partial charge in [-0.3, -0.25) is 0 Å². The minimum atomic E-state index is -2.84. The number of ether oxygens (including phenoxy) is 3. The lowest BCUT2D eigenvalue weighted by Gasteiger charge is -2.17. The molecule has 0 aromatic heterocycles. The molecular weight excluding hydrogens is 270 g/mol. The van der Waals surface area contributed by atoms with Crippen molar-refractivity contribution in [2.24, 2.45) is 11.7 Å². The Labute approximate surface area is 115 Å². The highest BCUT2D eigenvalue weighted by Crippen LogP contribution is 2.22. The van der Waals surface area contributed by atoms with Gasteiger partial charge in [0.15, 0.2) is 9.84 Å². The van der Waals surface area contributed by atoms with E-state index in [4.69, 9.17) is 19.9 Å². The Morgan fingerprint density at radius 1 is 1.16 bits per heavy atom. The molecule has 2 N–H and O–H groups in total. The van der Waals surface area contributed by atoms with E-state index in [0.717, 1.165) is 0 Å². The van der Waals surface area contributed by atoms with E-state index >= 15 is 0 Å². The third kappa shape index (κ3) is 7.22. The Morgan fingerprint density at radius 2 is 1.79 bits per heavy atom. The molecule has 0 aliphatic carbocycles. The van der Waals surface area contributed by atoms with Crippen LogP contribution in [0.2, 0.25) is 0 Å². The van der Waals surface area contributed by atoms with Crippen molar-refractivity contribution >= 4 is 9.84 Å². The van der Waals surface area contributed by atoms with Gasteiger partial charge in [0.1, 0.15) is 0 Å². The minimum absolute atomic E-state index is 0.0894. The molecule has 0 saturated carbocycles. The predicted octanol–water partition coefficient (Wildman–Crippen LogP) is -0.182. The molecular formula is C12H25NO5S. The molecule has 0 radical (unpaired) electrons. The summed E-state index contributed by atoms with van der Waals surface area (Å²) in [6, 6.07) is -0.0910. The van der Waals surface area contributed by atoms with Crippen molar-refractivity contribution in [3.05, 3.63) is 0 Å². The van der Waals surface area contributed by atoms with Gasteiger partial charge in [0.05, 0.1) is 37.9 Å². The van der Waals surface area contributed by atoms with E-state index in [2.05, 4.69) is 0 Å². The first-order valence-corrected chi connectivity index (χ1v) is 8.48. The molecule has 0 spiro atoms. The van der Waals surface area contributed by atoms with E-state index in [9.17, 15) is 8.42 Å². The van der Waals surface area contributed by atoms with Gasteiger partial charge in [-0.25, -0.2) is 8.42 Å². The van der Waals surface area contributed by atoms with Gasteiger partial charge in [0, 0.05) is 19.8 Å². The molecule has 19 heavy (non-hydrogen) atoms. The van der Waals surface area contributed by atoms with Crippen molar-refractivity contribution < 1.29 is 22.6 Å². The Morgan fingerprint density at radius 3 is 2.37 bits per heavy atom. The summed E-state index contributed by atoms with van der Waals surface area (Å²) in [5, 5.41) is 0. The normalized spacial score (nSPS) is 23.6. The fraction of sp³-hybridized carbons (Fsp3) is 1.00. The van der Waals surface area contributed by atoms with Crippen LogP contribution in [0.1, 0.15) is 12.8 Å². The van der Waals surface area contributed by atoms with Crippen LogP contribution in [-0.2, 0) is 24.0 Å². The monoisotopic (exact) mass is 295 g/mol. The molecule has 1 saturated heterocycles. The average Bonchev–Trinajstić information content (AvgIpc) is 2.73. The second-order valence-electron chi connectivity index (χ2n) is 4.83. The summed E-state index contributed by atoms with van der Waals surface area (Å²) in [6.45, 7) is 2.77. The fourth-order valence-corrected chi connectivity index (χ4v) is 3.98. The zero-order valence-corrected chi connectivity index (χ0v) is 12.4. The highest BCUT2D eigenvalue weighted by Gasteiger charge is 2.31. The topological polar surface area (TPSA) is 87.8 Å². The van der Waals surface area contributed by atoms with Crippen molar-refractivity contribution in [1.82, 2.24) is 0 Å².